The Morgan fingerprint density at radius 1 is 0.781 bits per heavy atom. The molecule has 0 aromatic heterocycles. The molecule has 3 N–H and O–H groups in total. The highest BCUT2D eigenvalue weighted by molar-refractivity contribution is 5.98. The van der Waals surface area contributed by atoms with Gasteiger partial charge in [0, 0.05) is 43.1 Å². The van der Waals surface area contributed by atoms with Crippen LogP contribution in [0.2, 0.25) is 0 Å². The van der Waals surface area contributed by atoms with Crippen molar-refractivity contribution in [2.45, 2.75) is 6.54 Å². The minimum atomic E-state index is -0.265. The first-order valence-electron chi connectivity index (χ1n) is 10.2. The molecule has 0 aliphatic heterocycles. The number of hydrogen-bond acceptors (Lipinski definition) is 4. The number of carbonyl (C=O) groups is 3. The Kier molecular flexibility index (Phi) is 7.59. The van der Waals surface area contributed by atoms with Crippen molar-refractivity contribution in [1.82, 2.24) is 10.2 Å². The minimum absolute atomic E-state index is 0.0148. The van der Waals surface area contributed by atoms with E-state index in [1.807, 2.05) is 30.3 Å². The molecule has 164 valence electrons. The van der Waals surface area contributed by atoms with Gasteiger partial charge in [0.05, 0.1) is 6.54 Å². The third-order valence-electron chi connectivity index (χ3n) is 4.67. The highest BCUT2D eigenvalue weighted by atomic mass is 16.2. The molecule has 3 amide bonds. The molecule has 0 atom stereocenters. The number of rotatable bonds is 8. The Morgan fingerprint density at radius 2 is 1.44 bits per heavy atom. The van der Waals surface area contributed by atoms with Gasteiger partial charge >= 0.3 is 0 Å². The first kappa shape index (κ1) is 22.6. The first-order chi connectivity index (χ1) is 15.4. The van der Waals surface area contributed by atoms with Crippen LogP contribution in [-0.2, 0) is 11.3 Å². The van der Waals surface area contributed by atoms with E-state index in [2.05, 4.69) is 16.0 Å². The van der Waals surface area contributed by atoms with E-state index in [0.717, 1.165) is 5.56 Å². The van der Waals surface area contributed by atoms with Crippen LogP contribution in [-0.4, -0.2) is 43.3 Å². The molecular formula is C25H26N4O3. The first-order valence-corrected chi connectivity index (χ1v) is 10.2. The van der Waals surface area contributed by atoms with Gasteiger partial charge in [-0.1, -0.05) is 42.5 Å². The maximum Gasteiger partial charge on any atom is 0.253 e. The van der Waals surface area contributed by atoms with Gasteiger partial charge in [-0.3, -0.25) is 14.4 Å². The van der Waals surface area contributed by atoms with Gasteiger partial charge in [0.2, 0.25) is 5.91 Å². The number of nitrogens with zero attached hydrogens (tertiary/aromatic N) is 1. The van der Waals surface area contributed by atoms with E-state index in [-0.39, 0.29) is 24.3 Å². The Morgan fingerprint density at radius 3 is 2.16 bits per heavy atom. The number of benzene rings is 3. The van der Waals surface area contributed by atoms with Gasteiger partial charge < -0.3 is 20.9 Å². The van der Waals surface area contributed by atoms with Gasteiger partial charge in [-0.2, -0.15) is 0 Å². The molecule has 7 heteroatoms. The van der Waals surface area contributed by atoms with Crippen LogP contribution in [0.3, 0.4) is 0 Å². The van der Waals surface area contributed by atoms with Crippen LogP contribution < -0.4 is 16.0 Å². The minimum Gasteiger partial charge on any atom is -0.376 e. The monoisotopic (exact) mass is 430 g/mol. The molecule has 0 unspecified atom stereocenters. The fraction of sp³-hybridized carbons (Fsp3) is 0.160. The number of anilines is 2. The quantitative estimate of drug-likeness (QED) is 0.511. The van der Waals surface area contributed by atoms with E-state index in [1.54, 1.807) is 62.6 Å². The second-order valence-corrected chi connectivity index (χ2v) is 7.43. The normalized spacial score (nSPS) is 10.2. The van der Waals surface area contributed by atoms with Crippen molar-refractivity contribution >= 4 is 29.1 Å². The molecule has 0 heterocycles. The van der Waals surface area contributed by atoms with E-state index in [4.69, 9.17) is 0 Å². The van der Waals surface area contributed by atoms with Gasteiger partial charge in [0.1, 0.15) is 0 Å². The predicted molar refractivity (Wildman–Crippen MR) is 126 cm³/mol. The van der Waals surface area contributed by atoms with E-state index in [9.17, 15) is 14.4 Å². The van der Waals surface area contributed by atoms with Crippen LogP contribution in [0.5, 0.6) is 0 Å². The van der Waals surface area contributed by atoms with Gasteiger partial charge in [0.15, 0.2) is 0 Å². The smallest absolute Gasteiger partial charge is 0.253 e. The summed E-state index contributed by atoms with van der Waals surface area (Å²) in [7, 11) is 3.35. The van der Waals surface area contributed by atoms with E-state index >= 15 is 0 Å². The zero-order valence-electron chi connectivity index (χ0n) is 18.1. The summed E-state index contributed by atoms with van der Waals surface area (Å²) in [4.78, 5) is 38.3. The van der Waals surface area contributed by atoms with Crippen LogP contribution in [0.4, 0.5) is 11.4 Å². The van der Waals surface area contributed by atoms with Crippen LogP contribution >= 0.6 is 0 Å². The zero-order valence-corrected chi connectivity index (χ0v) is 18.1. The Bertz CT molecular complexity index is 1100. The lowest BCUT2D eigenvalue weighted by atomic mass is 10.1. The standard InChI is InChI=1S/C25H26N4O3/c1-29(2)25(32)20-11-7-13-22(15-20)28-23(30)17-26-21-12-6-10-19(14-21)24(31)27-16-18-8-4-3-5-9-18/h3-15,26H,16-17H2,1-2H3,(H,27,31)(H,28,30). The lowest BCUT2D eigenvalue weighted by molar-refractivity contribution is -0.114. The van der Waals surface area contributed by atoms with Gasteiger partial charge in [-0.05, 0) is 42.0 Å². The second-order valence-electron chi connectivity index (χ2n) is 7.43. The molecule has 0 saturated carbocycles. The Hall–Kier alpha value is -4.13. The summed E-state index contributed by atoms with van der Waals surface area (Å²) >= 11 is 0. The molecule has 0 radical (unpaired) electrons. The van der Waals surface area contributed by atoms with Crippen LogP contribution in [0.15, 0.2) is 78.9 Å². The topological polar surface area (TPSA) is 90.5 Å². The van der Waals surface area contributed by atoms with Crippen molar-refractivity contribution in [2.24, 2.45) is 0 Å². The molecule has 0 fully saturated rings. The van der Waals surface area contributed by atoms with Crippen molar-refractivity contribution in [3.63, 3.8) is 0 Å². The summed E-state index contributed by atoms with van der Waals surface area (Å²) in [5, 5.41) is 8.68. The van der Waals surface area contributed by atoms with Gasteiger partial charge in [-0.15, -0.1) is 0 Å². The van der Waals surface area contributed by atoms with Crippen LogP contribution in [0.1, 0.15) is 26.3 Å². The molecular weight excluding hydrogens is 404 g/mol. The summed E-state index contributed by atoms with van der Waals surface area (Å²) < 4.78 is 0. The molecule has 0 aliphatic carbocycles. The van der Waals surface area contributed by atoms with Crippen molar-refractivity contribution in [3.8, 4) is 0 Å². The van der Waals surface area contributed by atoms with E-state index in [1.165, 1.54) is 4.90 Å². The lowest BCUT2D eigenvalue weighted by Gasteiger charge is -2.12. The summed E-state index contributed by atoms with van der Waals surface area (Å²) in [6, 6.07) is 23.4. The third kappa shape index (κ3) is 6.43. The molecule has 0 aliphatic rings. The second kappa shape index (κ2) is 10.8. The predicted octanol–water partition coefficient (Wildman–Crippen LogP) is 3.37. The van der Waals surface area contributed by atoms with Gasteiger partial charge in [-0.25, -0.2) is 0 Å². The summed E-state index contributed by atoms with van der Waals surface area (Å²) in [5.74, 6) is -0.593. The molecule has 3 rings (SSSR count). The third-order valence-corrected chi connectivity index (χ3v) is 4.67. The zero-order chi connectivity index (χ0) is 22.9. The molecule has 3 aromatic rings. The number of hydrogen-bond donors (Lipinski definition) is 3. The molecule has 0 spiro atoms. The highest BCUT2D eigenvalue weighted by Crippen LogP contribution is 2.13. The Balaban J connectivity index is 1.53. The lowest BCUT2D eigenvalue weighted by Crippen LogP contribution is -2.24. The van der Waals surface area contributed by atoms with Crippen LogP contribution in [0, 0.1) is 0 Å². The van der Waals surface area contributed by atoms with Crippen molar-refractivity contribution in [1.29, 1.82) is 0 Å². The maximum atomic E-state index is 12.4. The molecule has 0 saturated heterocycles. The number of carbonyl (C=O) groups excluding carboxylic acids is 3. The summed E-state index contributed by atoms with van der Waals surface area (Å²) in [6.07, 6.45) is 0. The SMILES string of the molecule is CN(C)C(=O)c1cccc(NC(=O)CNc2cccc(C(=O)NCc3ccccc3)c2)c1. The largest absolute Gasteiger partial charge is 0.376 e. The molecule has 3 aromatic carbocycles. The summed E-state index contributed by atoms with van der Waals surface area (Å²) in [6.45, 7) is 0.454. The van der Waals surface area contributed by atoms with Crippen LogP contribution in [0.25, 0.3) is 0 Å². The fourth-order valence-electron chi connectivity index (χ4n) is 3.03. The van der Waals surface area contributed by atoms with Crippen molar-refractivity contribution in [2.75, 3.05) is 31.3 Å². The maximum absolute atomic E-state index is 12.4. The fourth-order valence-corrected chi connectivity index (χ4v) is 3.03. The molecule has 32 heavy (non-hydrogen) atoms. The van der Waals surface area contributed by atoms with Gasteiger partial charge in [0.25, 0.3) is 11.8 Å². The Labute approximate surface area is 187 Å². The van der Waals surface area contributed by atoms with E-state index < -0.39 is 0 Å². The molecule has 0 bridgehead atoms. The van der Waals surface area contributed by atoms with Crippen molar-refractivity contribution in [3.05, 3.63) is 95.6 Å². The number of nitrogens with one attached hydrogen (secondary N) is 3. The number of amides is 3. The summed E-state index contributed by atoms with van der Waals surface area (Å²) in [5.41, 5.74) is 3.21. The average Bonchev–Trinajstić information content (AvgIpc) is 2.81. The average molecular weight is 431 g/mol. The highest BCUT2D eigenvalue weighted by Gasteiger charge is 2.10. The molecule has 7 nitrogen and oxygen atoms in total. The van der Waals surface area contributed by atoms with Crippen molar-refractivity contribution < 1.29 is 14.4 Å². The van der Waals surface area contributed by atoms with E-state index in [0.29, 0.717) is 29.0 Å².